The Hall–Kier alpha value is -1.42. The summed E-state index contributed by atoms with van der Waals surface area (Å²) in [6.07, 6.45) is 4.68. The number of rotatable bonds is 4. The minimum atomic E-state index is 0.114. The summed E-state index contributed by atoms with van der Waals surface area (Å²) in [4.78, 5) is 17.8. The van der Waals surface area contributed by atoms with Gasteiger partial charge in [0.2, 0.25) is 5.91 Å². The average Bonchev–Trinajstić information content (AvgIpc) is 2.68. The number of pyridine rings is 1. The van der Waals surface area contributed by atoms with Crippen LogP contribution >= 0.6 is 0 Å². The van der Waals surface area contributed by atoms with Crippen molar-refractivity contribution >= 4 is 5.91 Å². The van der Waals surface area contributed by atoms with Crippen molar-refractivity contribution in [1.29, 1.82) is 0 Å². The smallest absolute Gasteiger partial charge is 0.234 e. The fourth-order valence-electron chi connectivity index (χ4n) is 1.93. The second kappa shape index (κ2) is 5.07. The summed E-state index contributed by atoms with van der Waals surface area (Å²) in [5.41, 5.74) is 2.53. The molecule has 0 unspecified atom stereocenters. The van der Waals surface area contributed by atoms with E-state index in [9.17, 15) is 4.79 Å². The number of nitrogens with one attached hydrogen (secondary N) is 1. The van der Waals surface area contributed by atoms with E-state index in [4.69, 9.17) is 0 Å². The van der Waals surface area contributed by atoms with E-state index in [-0.39, 0.29) is 5.91 Å². The van der Waals surface area contributed by atoms with Gasteiger partial charge in [-0.25, -0.2) is 0 Å². The summed E-state index contributed by atoms with van der Waals surface area (Å²) in [6.45, 7) is 4.99. The van der Waals surface area contributed by atoms with Gasteiger partial charge in [0.15, 0.2) is 0 Å². The lowest BCUT2D eigenvalue weighted by atomic mass is 10.2. The van der Waals surface area contributed by atoms with Crippen LogP contribution in [0.2, 0.25) is 0 Å². The lowest BCUT2D eigenvalue weighted by Gasteiger charge is -2.13. The van der Waals surface area contributed by atoms with Gasteiger partial charge in [-0.2, -0.15) is 0 Å². The molecule has 0 radical (unpaired) electrons. The first kappa shape index (κ1) is 11.1. The highest BCUT2D eigenvalue weighted by Crippen LogP contribution is 2.20. The molecule has 2 heterocycles. The van der Waals surface area contributed by atoms with Crippen LogP contribution in [-0.4, -0.2) is 28.9 Å². The third kappa shape index (κ3) is 2.58. The lowest BCUT2D eigenvalue weighted by Crippen LogP contribution is -2.34. The van der Waals surface area contributed by atoms with Gasteiger partial charge >= 0.3 is 0 Å². The molecule has 0 bridgehead atoms. The number of hydrogen-bond donors (Lipinski definition) is 1. The van der Waals surface area contributed by atoms with Gasteiger partial charge in [0, 0.05) is 32.0 Å². The van der Waals surface area contributed by atoms with Crippen LogP contribution in [0.15, 0.2) is 18.5 Å². The van der Waals surface area contributed by atoms with Crippen molar-refractivity contribution in [2.75, 3.05) is 13.1 Å². The number of carbonyl (C=O) groups is 1. The molecule has 0 fully saturated rings. The van der Waals surface area contributed by atoms with Crippen LogP contribution in [-0.2, 0) is 17.9 Å². The summed E-state index contributed by atoms with van der Waals surface area (Å²) >= 11 is 0. The van der Waals surface area contributed by atoms with E-state index in [1.165, 1.54) is 11.1 Å². The van der Waals surface area contributed by atoms with Crippen molar-refractivity contribution in [2.24, 2.45) is 0 Å². The van der Waals surface area contributed by atoms with Gasteiger partial charge in [0.25, 0.3) is 0 Å². The minimum Gasteiger partial charge on any atom is -0.355 e. The number of hydrogen-bond acceptors (Lipinski definition) is 3. The van der Waals surface area contributed by atoms with Crippen molar-refractivity contribution in [2.45, 2.75) is 26.4 Å². The standard InChI is InChI=1S/C12H17N3O/c1-2-4-14-12(16)9-15-7-10-3-5-13-6-11(10)8-15/h3,5-6H,2,4,7-9H2,1H3,(H,14,16). The molecule has 4 nitrogen and oxygen atoms in total. The van der Waals surface area contributed by atoms with Crippen molar-refractivity contribution in [3.63, 3.8) is 0 Å². The zero-order chi connectivity index (χ0) is 11.4. The molecule has 1 aromatic rings. The number of amides is 1. The van der Waals surface area contributed by atoms with E-state index in [0.717, 1.165) is 26.1 Å². The second-order valence-electron chi connectivity index (χ2n) is 4.14. The molecular weight excluding hydrogens is 202 g/mol. The fraction of sp³-hybridized carbons (Fsp3) is 0.500. The van der Waals surface area contributed by atoms with E-state index in [1.54, 1.807) is 6.20 Å². The predicted octanol–water partition coefficient (Wildman–Crippen LogP) is 0.923. The highest BCUT2D eigenvalue weighted by atomic mass is 16.2. The van der Waals surface area contributed by atoms with Crippen LogP contribution in [0.25, 0.3) is 0 Å². The Morgan fingerprint density at radius 2 is 2.31 bits per heavy atom. The molecule has 1 N–H and O–H groups in total. The Balaban J connectivity index is 1.85. The maximum atomic E-state index is 11.5. The molecule has 1 aliphatic rings. The molecule has 1 amide bonds. The molecule has 0 atom stereocenters. The zero-order valence-electron chi connectivity index (χ0n) is 9.57. The van der Waals surface area contributed by atoms with Crippen molar-refractivity contribution in [1.82, 2.24) is 15.2 Å². The van der Waals surface area contributed by atoms with Crippen LogP contribution in [0.1, 0.15) is 24.5 Å². The highest BCUT2D eigenvalue weighted by Gasteiger charge is 2.20. The Kier molecular flexibility index (Phi) is 3.51. The van der Waals surface area contributed by atoms with Crippen LogP contribution < -0.4 is 5.32 Å². The summed E-state index contributed by atoms with van der Waals surface area (Å²) in [5, 5.41) is 2.89. The van der Waals surface area contributed by atoms with Gasteiger partial charge in [0.1, 0.15) is 0 Å². The van der Waals surface area contributed by atoms with Crippen LogP contribution in [0.4, 0.5) is 0 Å². The molecule has 1 aliphatic heterocycles. The van der Waals surface area contributed by atoms with Crippen LogP contribution in [0, 0.1) is 0 Å². The van der Waals surface area contributed by atoms with Crippen molar-refractivity contribution in [3.8, 4) is 0 Å². The molecular formula is C12H17N3O. The van der Waals surface area contributed by atoms with Gasteiger partial charge in [0.05, 0.1) is 6.54 Å². The zero-order valence-corrected chi connectivity index (χ0v) is 9.57. The maximum absolute atomic E-state index is 11.5. The molecule has 0 saturated heterocycles. The molecule has 0 spiro atoms. The third-order valence-electron chi connectivity index (χ3n) is 2.73. The summed E-state index contributed by atoms with van der Waals surface area (Å²) in [5.74, 6) is 0.114. The van der Waals surface area contributed by atoms with E-state index in [1.807, 2.05) is 12.3 Å². The van der Waals surface area contributed by atoms with Crippen LogP contribution in [0.3, 0.4) is 0 Å². The Morgan fingerprint density at radius 1 is 1.50 bits per heavy atom. The normalized spacial score (nSPS) is 14.8. The highest BCUT2D eigenvalue weighted by molar-refractivity contribution is 5.78. The maximum Gasteiger partial charge on any atom is 0.234 e. The Bertz CT molecular complexity index is 353. The van der Waals surface area contributed by atoms with Gasteiger partial charge < -0.3 is 5.32 Å². The first-order chi connectivity index (χ1) is 7.79. The number of fused-ring (bicyclic) bond motifs is 1. The molecule has 2 rings (SSSR count). The van der Waals surface area contributed by atoms with E-state index in [0.29, 0.717) is 6.54 Å². The first-order valence-electron chi connectivity index (χ1n) is 5.70. The summed E-state index contributed by atoms with van der Waals surface area (Å²) < 4.78 is 0. The molecule has 0 aromatic carbocycles. The monoisotopic (exact) mass is 219 g/mol. The van der Waals surface area contributed by atoms with Crippen LogP contribution in [0.5, 0.6) is 0 Å². The summed E-state index contributed by atoms with van der Waals surface area (Å²) in [6, 6.07) is 2.03. The Morgan fingerprint density at radius 3 is 3.06 bits per heavy atom. The number of aromatic nitrogens is 1. The van der Waals surface area contributed by atoms with E-state index < -0.39 is 0 Å². The number of carbonyl (C=O) groups excluding carboxylic acids is 1. The summed E-state index contributed by atoms with van der Waals surface area (Å²) in [7, 11) is 0. The van der Waals surface area contributed by atoms with Gasteiger partial charge in [-0.15, -0.1) is 0 Å². The van der Waals surface area contributed by atoms with E-state index in [2.05, 4.69) is 22.1 Å². The molecule has 4 heteroatoms. The second-order valence-corrected chi connectivity index (χ2v) is 4.14. The minimum absolute atomic E-state index is 0.114. The average molecular weight is 219 g/mol. The molecule has 1 aromatic heterocycles. The molecule has 0 aliphatic carbocycles. The van der Waals surface area contributed by atoms with Gasteiger partial charge in [-0.05, 0) is 23.6 Å². The molecule has 0 saturated carbocycles. The van der Waals surface area contributed by atoms with E-state index >= 15 is 0 Å². The van der Waals surface area contributed by atoms with Gasteiger partial charge in [-0.1, -0.05) is 6.92 Å². The topological polar surface area (TPSA) is 45.2 Å². The predicted molar refractivity (Wildman–Crippen MR) is 61.7 cm³/mol. The third-order valence-corrected chi connectivity index (χ3v) is 2.73. The van der Waals surface area contributed by atoms with Crippen molar-refractivity contribution in [3.05, 3.63) is 29.6 Å². The Labute approximate surface area is 95.7 Å². The number of nitrogens with zero attached hydrogens (tertiary/aromatic N) is 2. The SMILES string of the molecule is CCCNC(=O)CN1Cc2ccncc2C1. The molecule has 16 heavy (non-hydrogen) atoms. The van der Waals surface area contributed by atoms with Gasteiger partial charge in [-0.3, -0.25) is 14.7 Å². The molecule has 86 valence electrons. The fourth-order valence-corrected chi connectivity index (χ4v) is 1.93. The lowest BCUT2D eigenvalue weighted by molar-refractivity contribution is -0.122. The van der Waals surface area contributed by atoms with Crippen molar-refractivity contribution < 1.29 is 4.79 Å². The quantitative estimate of drug-likeness (QED) is 0.819. The first-order valence-corrected chi connectivity index (χ1v) is 5.70. The largest absolute Gasteiger partial charge is 0.355 e.